The molecule has 1 aliphatic heterocycles. The molecule has 1 aromatic carbocycles. The first-order valence-corrected chi connectivity index (χ1v) is 10.3. The molecule has 6 nitrogen and oxygen atoms in total. The Morgan fingerprint density at radius 2 is 1.93 bits per heavy atom. The summed E-state index contributed by atoms with van der Waals surface area (Å²) in [6.45, 7) is 3.95. The third-order valence-corrected chi connectivity index (χ3v) is 5.48. The van der Waals surface area contributed by atoms with Crippen molar-refractivity contribution in [2.45, 2.75) is 37.5 Å². The Morgan fingerprint density at radius 1 is 1.15 bits per heavy atom. The fraction of sp³-hybridized carbons (Fsp3) is 0.450. The Labute approximate surface area is 164 Å². The molecule has 0 atom stereocenters. The van der Waals surface area contributed by atoms with Gasteiger partial charge in [0, 0.05) is 0 Å². The number of rotatable bonds is 8. The second-order valence-corrected chi connectivity index (χ2v) is 7.52. The summed E-state index contributed by atoms with van der Waals surface area (Å²) in [6, 6.07) is 10.3. The highest BCUT2D eigenvalue weighted by Crippen LogP contribution is 2.20. The number of carbonyl (C=O) groups is 1. The van der Waals surface area contributed by atoms with Gasteiger partial charge in [-0.1, -0.05) is 54.4 Å². The number of hydrogen-bond acceptors (Lipinski definition) is 5. The molecule has 142 valence electrons. The van der Waals surface area contributed by atoms with Crippen LogP contribution in [0.2, 0.25) is 0 Å². The van der Waals surface area contributed by atoms with Gasteiger partial charge in [-0.3, -0.25) is 9.69 Å². The highest BCUT2D eigenvalue weighted by atomic mass is 32.2. The van der Waals surface area contributed by atoms with E-state index in [0.717, 1.165) is 30.6 Å². The lowest BCUT2D eigenvalue weighted by Crippen LogP contribution is -2.30. The van der Waals surface area contributed by atoms with Crippen molar-refractivity contribution < 1.29 is 4.79 Å². The van der Waals surface area contributed by atoms with Gasteiger partial charge in [0.1, 0.15) is 5.82 Å². The minimum atomic E-state index is -0.0928. The first-order chi connectivity index (χ1) is 13.3. The largest absolute Gasteiger partial charge is 0.344 e. The molecular formula is C20H25N5OS. The predicted molar refractivity (Wildman–Crippen MR) is 107 cm³/mol. The van der Waals surface area contributed by atoms with Gasteiger partial charge in [-0.25, -0.2) is 0 Å². The summed E-state index contributed by atoms with van der Waals surface area (Å²) in [5, 5.41) is 12.2. The Kier molecular flexibility index (Phi) is 7.31. The quantitative estimate of drug-likeness (QED) is 0.559. The van der Waals surface area contributed by atoms with Crippen molar-refractivity contribution in [3.63, 3.8) is 0 Å². The molecule has 27 heavy (non-hydrogen) atoms. The van der Waals surface area contributed by atoms with Gasteiger partial charge in [-0.05, 0) is 31.5 Å². The van der Waals surface area contributed by atoms with Gasteiger partial charge in [-0.2, -0.15) is 0 Å². The summed E-state index contributed by atoms with van der Waals surface area (Å²) in [4.78, 5) is 14.3. The van der Waals surface area contributed by atoms with Crippen molar-refractivity contribution in [3.05, 3.63) is 41.7 Å². The first kappa shape index (κ1) is 19.5. The van der Waals surface area contributed by atoms with Crippen molar-refractivity contribution in [2.24, 2.45) is 0 Å². The summed E-state index contributed by atoms with van der Waals surface area (Å²) < 4.78 is 2.13. The Morgan fingerprint density at radius 3 is 2.67 bits per heavy atom. The summed E-state index contributed by atoms with van der Waals surface area (Å²) in [6.07, 6.45) is 8.97. The summed E-state index contributed by atoms with van der Waals surface area (Å²) in [5.41, 5.74) is 1.19. The third kappa shape index (κ3) is 5.84. The molecule has 0 spiro atoms. The molecule has 0 aliphatic carbocycles. The molecule has 1 aliphatic rings. The molecule has 3 rings (SSSR count). The van der Waals surface area contributed by atoms with Gasteiger partial charge < -0.3 is 9.88 Å². The number of carbonyl (C=O) groups excluding carboxylic acids is 1. The fourth-order valence-electron chi connectivity index (χ4n) is 3.12. The van der Waals surface area contributed by atoms with Gasteiger partial charge in [-0.15, -0.1) is 16.6 Å². The number of likely N-dealkylation sites (tertiary alicyclic amines) is 1. The van der Waals surface area contributed by atoms with Crippen LogP contribution in [0.3, 0.4) is 0 Å². The smallest absolute Gasteiger partial charge is 0.231 e. The molecule has 0 radical (unpaired) electrons. The molecule has 7 heteroatoms. The highest BCUT2D eigenvalue weighted by molar-refractivity contribution is 7.99. The number of nitrogens with one attached hydrogen (secondary N) is 1. The molecule has 2 heterocycles. The monoisotopic (exact) mass is 383 g/mol. The Hall–Kier alpha value is -2.30. The van der Waals surface area contributed by atoms with Gasteiger partial charge in [0.2, 0.25) is 5.91 Å². The zero-order valence-electron chi connectivity index (χ0n) is 15.4. The maximum absolute atomic E-state index is 11.9. The lowest BCUT2D eigenvalue weighted by molar-refractivity contribution is -0.118. The van der Waals surface area contributed by atoms with Crippen LogP contribution >= 0.6 is 11.8 Å². The number of nitrogens with zero attached hydrogens (tertiary/aromatic N) is 4. The van der Waals surface area contributed by atoms with Crippen LogP contribution in [0.25, 0.3) is 0 Å². The second-order valence-electron chi connectivity index (χ2n) is 6.58. The maximum atomic E-state index is 11.9. The summed E-state index contributed by atoms with van der Waals surface area (Å²) in [5.74, 6) is 3.55. The van der Waals surface area contributed by atoms with E-state index in [2.05, 4.69) is 43.0 Å². The van der Waals surface area contributed by atoms with E-state index in [1.54, 1.807) is 0 Å². The second kappa shape index (κ2) is 10.1. The van der Waals surface area contributed by atoms with Crippen LogP contribution in [0.5, 0.6) is 0 Å². The van der Waals surface area contributed by atoms with Crippen molar-refractivity contribution >= 4 is 17.7 Å². The van der Waals surface area contributed by atoms with Crippen molar-refractivity contribution in [3.8, 4) is 12.3 Å². The standard InChI is InChI=1S/C20H25N5OS/c1-2-11-21-19(26)16-27-20-23-22-18(15-24-12-7-4-8-13-24)25(20)14-17-9-5-3-6-10-17/h1,3,5-6,9-10H,4,7-8,11-16H2,(H,21,26). The zero-order valence-corrected chi connectivity index (χ0v) is 16.2. The van der Waals surface area contributed by atoms with E-state index >= 15 is 0 Å². The SMILES string of the molecule is C#CCNC(=O)CSc1nnc(CN2CCCCC2)n1Cc1ccccc1. The number of piperidine rings is 1. The number of thioether (sulfide) groups is 1. The van der Waals surface area contributed by atoms with Crippen molar-refractivity contribution in [1.29, 1.82) is 0 Å². The van der Waals surface area contributed by atoms with E-state index in [1.807, 2.05) is 18.2 Å². The van der Waals surface area contributed by atoms with E-state index in [-0.39, 0.29) is 18.2 Å². The number of terminal acetylenes is 1. The van der Waals surface area contributed by atoms with E-state index < -0.39 is 0 Å². The van der Waals surface area contributed by atoms with Crippen LogP contribution in [-0.4, -0.2) is 51.0 Å². The van der Waals surface area contributed by atoms with Crippen molar-refractivity contribution in [1.82, 2.24) is 25.0 Å². The Balaban J connectivity index is 1.73. The average Bonchev–Trinajstić information content (AvgIpc) is 3.07. The molecule has 1 saturated heterocycles. The van der Waals surface area contributed by atoms with Crippen LogP contribution in [-0.2, 0) is 17.9 Å². The van der Waals surface area contributed by atoms with Gasteiger partial charge >= 0.3 is 0 Å². The maximum Gasteiger partial charge on any atom is 0.231 e. The molecule has 1 fully saturated rings. The van der Waals surface area contributed by atoms with Gasteiger partial charge in [0.05, 0.1) is 25.4 Å². The highest BCUT2D eigenvalue weighted by Gasteiger charge is 2.18. The van der Waals surface area contributed by atoms with E-state index in [0.29, 0.717) is 6.54 Å². The molecule has 0 saturated carbocycles. The van der Waals surface area contributed by atoms with Crippen LogP contribution < -0.4 is 5.32 Å². The Bertz CT molecular complexity index is 777. The predicted octanol–water partition coefficient (Wildman–Crippen LogP) is 2.15. The van der Waals surface area contributed by atoms with Crippen LogP contribution in [0.15, 0.2) is 35.5 Å². The van der Waals surface area contributed by atoms with Gasteiger partial charge in [0.25, 0.3) is 0 Å². The lowest BCUT2D eigenvalue weighted by atomic mass is 10.1. The summed E-state index contributed by atoms with van der Waals surface area (Å²) >= 11 is 1.40. The third-order valence-electron chi connectivity index (χ3n) is 4.51. The number of amides is 1. The van der Waals surface area contributed by atoms with Crippen LogP contribution in [0.1, 0.15) is 30.7 Å². The molecular weight excluding hydrogens is 358 g/mol. The molecule has 1 N–H and O–H groups in total. The normalized spacial score (nSPS) is 14.6. The lowest BCUT2D eigenvalue weighted by Gasteiger charge is -2.26. The molecule has 1 amide bonds. The number of benzene rings is 1. The molecule has 2 aromatic rings. The number of hydrogen-bond donors (Lipinski definition) is 1. The summed E-state index contributed by atoms with van der Waals surface area (Å²) in [7, 11) is 0. The van der Waals surface area contributed by atoms with Crippen LogP contribution in [0, 0.1) is 12.3 Å². The minimum absolute atomic E-state index is 0.0928. The topological polar surface area (TPSA) is 63.1 Å². The van der Waals surface area contributed by atoms with Crippen molar-refractivity contribution in [2.75, 3.05) is 25.4 Å². The van der Waals surface area contributed by atoms with E-state index in [1.165, 1.54) is 36.6 Å². The van der Waals surface area contributed by atoms with Gasteiger partial charge in [0.15, 0.2) is 5.16 Å². The van der Waals surface area contributed by atoms with E-state index in [9.17, 15) is 4.79 Å². The molecule has 0 unspecified atom stereocenters. The fourth-order valence-corrected chi connectivity index (χ4v) is 3.90. The number of aromatic nitrogens is 3. The van der Waals surface area contributed by atoms with E-state index in [4.69, 9.17) is 6.42 Å². The van der Waals surface area contributed by atoms with Crippen LogP contribution in [0.4, 0.5) is 0 Å². The molecule has 1 aromatic heterocycles. The molecule has 0 bridgehead atoms. The zero-order chi connectivity index (χ0) is 18.9. The average molecular weight is 384 g/mol. The first-order valence-electron chi connectivity index (χ1n) is 9.27. The minimum Gasteiger partial charge on any atom is -0.344 e.